The van der Waals surface area contributed by atoms with Gasteiger partial charge in [0.1, 0.15) is 17.1 Å². The van der Waals surface area contributed by atoms with Gasteiger partial charge in [-0.2, -0.15) is 5.26 Å². The number of hydrogen-bond acceptors (Lipinski definition) is 6. The maximum atomic E-state index is 13.0. The van der Waals surface area contributed by atoms with Crippen molar-refractivity contribution in [3.8, 4) is 6.07 Å². The van der Waals surface area contributed by atoms with E-state index in [1.54, 1.807) is 55.4 Å². The standard InChI is InChI=1S/C22H24N6O2/c1-21(2,19(24)29)15-5-8-25-17(11-15)27-18-12-16(6-9-26-18)28-10-7-22(13-23,20(28)30)14-3-4-14/h5-6,8-9,11-12,14H,3-4,7,10H2,1-2H3,(H2,24,29)(H,25,26,27)/t22-/m1/s1. The van der Waals surface area contributed by atoms with Crippen LogP contribution in [0.25, 0.3) is 0 Å². The zero-order chi connectivity index (χ0) is 21.5. The second kappa shape index (κ2) is 7.10. The Hall–Kier alpha value is -3.47. The van der Waals surface area contributed by atoms with Crippen molar-refractivity contribution in [2.75, 3.05) is 16.8 Å². The fraction of sp³-hybridized carbons (Fsp3) is 0.409. The number of anilines is 3. The Labute approximate surface area is 175 Å². The molecule has 8 nitrogen and oxygen atoms in total. The lowest BCUT2D eigenvalue weighted by Gasteiger charge is -2.22. The molecule has 4 rings (SSSR count). The molecule has 3 N–H and O–H groups in total. The maximum Gasteiger partial charge on any atom is 0.247 e. The third-order valence-corrected chi connectivity index (χ3v) is 6.24. The molecule has 2 fully saturated rings. The minimum atomic E-state index is -0.882. The lowest BCUT2D eigenvalue weighted by molar-refractivity contribution is -0.124. The minimum Gasteiger partial charge on any atom is -0.369 e. The number of carbonyl (C=O) groups is 2. The van der Waals surface area contributed by atoms with Crippen molar-refractivity contribution in [2.24, 2.45) is 17.1 Å². The molecule has 0 unspecified atom stereocenters. The van der Waals surface area contributed by atoms with E-state index < -0.39 is 16.7 Å². The van der Waals surface area contributed by atoms with Gasteiger partial charge >= 0.3 is 0 Å². The van der Waals surface area contributed by atoms with Crippen LogP contribution in [0, 0.1) is 22.7 Å². The summed E-state index contributed by atoms with van der Waals surface area (Å²) in [5.41, 5.74) is 5.23. The topological polar surface area (TPSA) is 125 Å². The number of rotatable bonds is 6. The van der Waals surface area contributed by atoms with E-state index in [2.05, 4.69) is 21.4 Å². The summed E-state index contributed by atoms with van der Waals surface area (Å²) in [6, 6.07) is 9.35. The molecule has 0 aromatic carbocycles. The van der Waals surface area contributed by atoms with Crippen molar-refractivity contribution in [1.82, 2.24) is 9.97 Å². The van der Waals surface area contributed by atoms with Crippen LogP contribution in [0.5, 0.6) is 0 Å². The van der Waals surface area contributed by atoms with Gasteiger partial charge in [-0.05, 0) is 62.8 Å². The van der Waals surface area contributed by atoms with E-state index in [0.717, 1.165) is 18.4 Å². The van der Waals surface area contributed by atoms with Gasteiger partial charge in [-0.3, -0.25) is 9.59 Å². The van der Waals surface area contributed by atoms with Crippen LogP contribution < -0.4 is 16.0 Å². The monoisotopic (exact) mass is 404 g/mol. The van der Waals surface area contributed by atoms with Gasteiger partial charge in [0.05, 0.1) is 11.5 Å². The zero-order valence-corrected chi connectivity index (χ0v) is 17.1. The van der Waals surface area contributed by atoms with Crippen molar-refractivity contribution in [3.05, 3.63) is 42.2 Å². The number of nitriles is 1. The Morgan fingerprint density at radius 3 is 2.57 bits per heavy atom. The Kier molecular flexibility index (Phi) is 4.69. The summed E-state index contributed by atoms with van der Waals surface area (Å²) in [5.74, 6) is 0.670. The smallest absolute Gasteiger partial charge is 0.247 e. The number of carbonyl (C=O) groups excluding carboxylic acids is 2. The third-order valence-electron chi connectivity index (χ3n) is 6.24. The molecule has 30 heavy (non-hydrogen) atoms. The number of nitrogens with two attached hydrogens (primary N) is 1. The summed E-state index contributed by atoms with van der Waals surface area (Å²) in [7, 11) is 0. The molecular weight excluding hydrogens is 380 g/mol. The molecule has 1 aliphatic carbocycles. The number of primary amides is 1. The van der Waals surface area contributed by atoms with Crippen molar-refractivity contribution in [1.29, 1.82) is 5.26 Å². The average Bonchev–Trinajstić information content (AvgIpc) is 3.52. The molecule has 2 amide bonds. The second-order valence-electron chi connectivity index (χ2n) is 8.51. The van der Waals surface area contributed by atoms with Gasteiger partial charge in [0.25, 0.3) is 0 Å². The predicted octanol–water partition coefficient (Wildman–Crippen LogP) is 2.64. The SMILES string of the molecule is CC(C)(C(N)=O)c1ccnc(Nc2cc(N3CC[C@@](C#N)(C4CC4)C3=O)ccn2)c1. The fourth-order valence-electron chi connectivity index (χ4n) is 3.95. The fourth-order valence-corrected chi connectivity index (χ4v) is 3.95. The van der Waals surface area contributed by atoms with Crippen molar-refractivity contribution >= 4 is 29.1 Å². The Morgan fingerprint density at radius 2 is 1.93 bits per heavy atom. The summed E-state index contributed by atoms with van der Waals surface area (Å²) in [5, 5.41) is 12.8. The molecule has 0 bridgehead atoms. The molecular formula is C22H24N6O2. The Morgan fingerprint density at radius 1 is 1.27 bits per heavy atom. The maximum absolute atomic E-state index is 13.0. The first kappa shape index (κ1) is 19.8. The Bertz CT molecular complexity index is 1060. The number of hydrogen-bond donors (Lipinski definition) is 2. The predicted molar refractivity (Wildman–Crippen MR) is 112 cm³/mol. The highest BCUT2D eigenvalue weighted by molar-refractivity contribution is 6.02. The molecule has 2 aromatic rings. The molecule has 0 spiro atoms. The Balaban J connectivity index is 1.56. The van der Waals surface area contributed by atoms with Crippen molar-refractivity contribution in [3.63, 3.8) is 0 Å². The minimum absolute atomic E-state index is 0.118. The molecule has 0 radical (unpaired) electrons. The number of aromatic nitrogens is 2. The van der Waals surface area contributed by atoms with E-state index in [4.69, 9.17) is 5.73 Å². The molecule has 2 aromatic heterocycles. The molecule has 1 atom stereocenters. The summed E-state index contributed by atoms with van der Waals surface area (Å²) >= 11 is 0. The average molecular weight is 404 g/mol. The second-order valence-corrected chi connectivity index (χ2v) is 8.51. The van der Waals surface area contributed by atoms with Crippen LogP contribution >= 0.6 is 0 Å². The number of amides is 2. The van der Waals surface area contributed by atoms with Gasteiger partial charge in [-0.15, -0.1) is 0 Å². The summed E-state index contributed by atoms with van der Waals surface area (Å²) in [6.45, 7) is 4.04. The third kappa shape index (κ3) is 3.26. The van der Waals surface area contributed by atoms with Gasteiger partial charge in [-0.25, -0.2) is 9.97 Å². The van der Waals surface area contributed by atoms with E-state index in [1.807, 2.05) is 0 Å². The first-order valence-corrected chi connectivity index (χ1v) is 10.0. The number of nitrogens with one attached hydrogen (secondary N) is 1. The molecule has 154 valence electrons. The molecule has 1 aliphatic heterocycles. The van der Waals surface area contributed by atoms with Crippen LogP contribution in [-0.4, -0.2) is 28.3 Å². The van der Waals surface area contributed by atoms with Gasteiger partial charge in [-0.1, -0.05) is 0 Å². The first-order valence-electron chi connectivity index (χ1n) is 10.0. The normalized spacial score (nSPS) is 21.4. The quantitative estimate of drug-likeness (QED) is 0.762. The van der Waals surface area contributed by atoms with Crippen LogP contribution in [0.4, 0.5) is 17.3 Å². The lowest BCUT2D eigenvalue weighted by Crippen LogP contribution is -2.35. The zero-order valence-electron chi connectivity index (χ0n) is 17.1. The van der Waals surface area contributed by atoms with Crippen LogP contribution in [0.15, 0.2) is 36.7 Å². The highest BCUT2D eigenvalue weighted by atomic mass is 16.2. The number of pyridine rings is 2. The molecule has 8 heteroatoms. The molecule has 2 aliphatic rings. The van der Waals surface area contributed by atoms with Gasteiger partial charge < -0.3 is 16.0 Å². The number of nitrogens with zero attached hydrogens (tertiary/aromatic N) is 4. The molecule has 3 heterocycles. The molecule has 1 saturated heterocycles. The highest BCUT2D eigenvalue weighted by Gasteiger charge is 2.56. The van der Waals surface area contributed by atoms with E-state index >= 15 is 0 Å². The van der Waals surface area contributed by atoms with E-state index in [1.165, 1.54) is 0 Å². The summed E-state index contributed by atoms with van der Waals surface area (Å²) in [4.78, 5) is 35.1. The van der Waals surface area contributed by atoms with E-state index in [9.17, 15) is 14.9 Å². The lowest BCUT2D eigenvalue weighted by atomic mass is 9.83. The van der Waals surface area contributed by atoms with Gasteiger partial charge in [0.15, 0.2) is 0 Å². The van der Waals surface area contributed by atoms with Crippen molar-refractivity contribution < 1.29 is 9.59 Å². The van der Waals surface area contributed by atoms with E-state index in [0.29, 0.717) is 30.3 Å². The van der Waals surface area contributed by atoms with Gasteiger partial charge in [0.2, 0.25) is 11.8 Å². The molecule has 1 saturated carbocycles. The first-order chi connectivity index (χ1) is 14.3. The van der Waals surface area contributed by atoms with Crippen LogP contribution in [0.2, 0.25) is 0 Å². The van der Waals surface area contributed by atoms with Gasteiger partial charge in [0, 0.05) is 30.7 Å². The van der Waals surface area contributed by atoms with Crippen LogP contribution in [-0.2, 0) is 15.0 Å². The summed E-state index contributed by atoms with van der Waals surface area (Å²) in [6.07, 6.45) is 5.67. The highest BCUT2D eigenvalue weighted by Crippen LogP contribution is 2.51. The van der Waals surface area contributed by atoms with E-state index in [-0.39, 0.29) is 11.8 Å². The van der Waals surface area contributed by atoms with Crippen LogP contribution in [0.3, 0.4) is 0 Å². The largest absolute Gasteiger partial charge is 0.369 e. The van der Waals surface area contributed by atoms with Crippen molar-refractivity contribution in [2.45, 2.75) is 38.5 Å². The summed E-state index contributed by atoms with van der Waals surface area (Å²) < 4.78 is 0. The van der Waals surface area contributed by atoms with Crippen LogP contribution in [0.1, 0.15) is 38.7 Å².